The number of likely N-dealkylation sites (N-methyl/N-ethyl adjacent to an activating group) is 1. The van der Waals surface area contributed by atoms with Crippen LogP contribution in [0.5, 0.6) is 0 Å². The number of amides is 1. The predicted octanol–water partition coefficient (Wildman–Crippen LogP) is 2.09. The Labute approximate surface area is 154 Å². The van der Waals surface area contributed by atoms with Crippen LogP contribution in [0.3, 0.4) is 0 Å². The van der Waals surface area contributed by atoms with E-state index >= 15 is 0 Å². The smallest absolute Gasteiger partial charge is 0.255 e. The number of hydrogen-bond acceptors (Lipinski definition) is 5. The van der Waals surface area contributed by atoms with Gasteiger partial charge in [-0.05, 0) is 37.4 Å². The van der Waals surface area contributed by atoms with Crippen molar-refractivity contribution >= 4 is 27.1 Å². The molecule has 0 saturated carbocycles. The molecule has 26 heavy (non-hydrogen) atoms. The highest BCUT2D eigenvalue weighted by molar-refractivity contribution is 7.90. The average Bonchev–Trinajstić information content (AvgIpc) is 2.62. The third-order valence-electron chi connectivity index (χ3n) is 4.52. The summed E-state index contributed by atoms with van der Waals surface area (Å²) in [5, 5.41) is 2.89. The van der Waals surface area contributed by atoms with E-state index in [1.807, 2.05) is 6.07 Å². The lowest BCUT2D eigenvalue weighted by Crippen LogP contribution is -2.44. The number of carbonyl (C=O) groups is 1. The normalized spacial score (nSPS) is 15.7. The van der Waals surface area contributed by atoms with Gasteiger partial charge in [0.25, 0.3) is 5.91 Å². The van der Waals surface area contributed by atoms with Gasteiger partial charge >= 0.3 is 0 Å². The van der Waals surface area contributed by atoms with Gasteiger partial charge in [-0.15, -0.1) is 0 Å². The van der Waals surface area contributed by atoms with Crippen molar-refractivity contribution in [2.45, 2.75) is 4.90 Å². The number of hydrogen-bond donors (Lipinski definition) is 1. The molecule has 6 nitrogen and oxygen atoms in total. The number of nitrogens with one attached hydrogen (secondary N) is 1. The minimum Gasteiger partial charge on any atom is -0.367 e. The van der Waals surface area contributed by atoms with E-state index in [4.69, 9.17) is 0 Å². The molecule has 7 heteroatoms. The van der Waals surface area contributed by atoms with Gasteiger partial charge in [-0.3, -0.25) is 4.79 Å². The average molecular weight is 373 g/mol. The van der Waals surface area contributed by atoms with Crippen LogP contribution in [0.4, 0.5) is 11.4 Å². The van der Waals surface area contributed by atoms with Crippen LogP contribution in [0.2, 0.25) is 0 Å². The summed E-state index contributed by atoms with van der Waals surface area (Å²) in [6.07, 6.45) is 1.17. The van der Waals surface area contributed by atoms with E-state index in [9.17, 15) is 13.2 Å². The Kier molecular flexibility index (Phi) is 5.29. The first kappa shape index (κ1) is 18.4. The number of benzene rings is 2. The van der Waals surface area contributed by atoms with E-state index in [0.717, 1.165) is 31.9 Å². The van der Waals surface area contributed by atoms with Crippen LogP contribution >= 0.6 is 0 Å². The lowest BCUT2D eigenvalue weighted by atomic mass is 10.2. The molecule has 138 valence electrons. The lowest BCUT2D eigenvalue weighted by molar-refractivity contribution is 0.102. The van der Waals surface area contributed by atoms with Crippen LogP contribution in [0.25, 0.3) is 0 Å². The fourth-order valence-corrected chi connectivity index (χ4v) is 3.60. The minimum absolute atomic E-state index is 0.193. The monoisotopic (exact) mass is 373 g/mol. The van der Waals surface area contributed by atoms with Gasteiger partial charge in [0.05, 0.1) is 16.3 Å². The SMILES string of the molecule is CN1CCN(c2ccc(S(C)(=O)=O)cc2NC(=O)c2ccccc2)CC1. The molecule has 0 aromatic heterocycles. The van der Waals surface area contributed by atoms with E-state index in [0.29, 0.717) is 11.3 Å². The molecular formula is C19H23N3O3S. The molecule has 1 heterocycles. The van der Waals surface area contributed by atoms with Crippen LogP contribution in [-0.4, -0.2) is 58.7 Å². The molecule has 1 amide bonds. The van der Waals surface area contributed by atoms with E-state index in [1.165, 1.54) is 6.26 Å². The number of nitrogens with zero attached hydrogens (tertiary/aromatic N) is 2. The van der Waals surface area contributed by atoms with E-state index in [-0.39, 0.29) is 10.8 Å². The molecule has 1 fully saturated rings. The maximum atomic E-state index is 12.6. The molecular weight excluding hydrogens is 350 g/mol. The molecule has 0 radical (unpaired) electrons. The van der Waals surface area contributed by atoms with Crippen LogP contribution < -0.4 is 10.2 Å². The van der Waals surface area contributed by atoms with Crippen molar-refractivity contribution < 1.29 is 13.2 Å². The molecule has 2 aromatic carbocycles. The molecule has 0 aliphatic carbocycles. The van der Waals surface area contributed by atoms with Crippen molar-refractivity contribution in [3.05, 3.63) is 54.1 Å². The topological polar surface area (TPSA) is 69.7 Å². The zero-order valence-electron chi connectivity index (χ0n) is 15.0. The van der Waals surface area contributed by atoms with Gasteiger partial charge in [-0.2, -0.15) is 0 Å². The zero-order valence-corrected chi connectivity index (χ0v) is 15.8. The van der Waals surface area contributed by atoms with Gasteiger partial charge in [-0.25, -0.2) is 8.42 Å². The Hall–Kier alpha value is -2.38. The molecule has 1 aliphatic heterocycles. The summed E-state index contributed by atoms with van der Waals surface area (Å²) in [6, 6.07) is 13.8. The second-order valence-electron chi connectivity index (χ2n) is 6.56. The molecule has 0 bridgehead atoms. The summed E-state index contributed by atoms with van der Waals surface area (Å²) in [6.45, 7) is 3.48. The van der Waals surface area contributed by atoms with Crippen molar-refractivity contribution in [2.24, 2.45) is 0 Å². The minimum atomic E-state index is -3.36. The summed E-state index contributed by atoms with van der Waals surface area (Å²) >= 11 is 0. The summed E-state index contributed by atoms with van der Waals surface area (Å²) in [5.41, 5.74) is 1.89. The molecule has 1 N–H and O–H groups in total. The summed E-state index contributed by atoms with van der Waals surface area (Å²) in [5.74, 6) is -0.258. The molecule has 1 saturated heterocycles. The highest BCUT2D eigenvalue weighted by atomic mass is 32.2. The standard InChI is InChI=1S/C19H23N3O3S/c1-21-10-12-22(13-11-21)18-9-8-16(26(2,24)25)14-17(18)20-19(23)15-6-4-3-5-7-15/h3-9,14H,10-13H2,1-2H3,(H,20,23). The highest BCUT2D eigenvalue weighted by Gasteiger charge is 2.20. The third kappa shape index (κ3) is 4.23. The van der Waals surface area contributed by atoms with E-state index in [2.05, 4.69) is 22.2 Å². The van der Waals surface area contributed by atoms with Crippen LogP contribution in [0, 0.1) is 0 Å². The number of piperazine rings is 1. The fourth-order valence-electron chi connectivity index (χ4n) is 2.95. The van der Waals surface area contributed by atoms with Crippen molar-refractivity contribution in [3.8, 4) is 0 Å². The fraction of sp³-hybridized carbons (Fsp3) is 0.316. The van der Waals surface area contributed by atoms with E-state index < -0.39 is 9.84 Å². The zero-order chi connectivity index (χ0) is 18.7. The highest BCUT2D eigenvalue weighted by Crippen LogP contribution is 2.30. The van der Waals surface area contributed by atoms with Crippen molar-refractivity contribution in [1.82, 2.24) is 4.90 Å². The van der Waals surface area contributed by atoms with Crippen LogP contribution in [-0.2, 0) is 9.84 Å². The van der Waals surface area contributed by atoms with Crippen molar-refractivity contribution in [2.75, 3.05) is 49.7 Å². The van der Waals surface area contributed by atoms with E-state index in [1.54, 1.807) is 42.5 Å². The van der Waals surface area contributed by atoms with Gasteiger partial charge in [0.1, 0.15) is 0 Å². The number of carbonyl (C=O) groups excluding carboxylic acids is 1. The lowest BCUT2D eigenvalue weighted by Gasteiger charge is -2.35. The molecule has 0 spiro atoms. The Morgan fingerprint density at radius 3 is 2.27 bits per heavy atom. The number of anilines is 2. The third-order valence-corrected chi connectivity index (χ3v) is 5.63. The Bertz CT molecular complexity index is 890. The number of sulfone groups is 1. The Balaban J connectivity index is 1.95. The Morgan fingerprint density at radius 1 is 1.00 bits per heavy atom. The maximum absolute atomic E-state index is 12.6. The van der Waals surface area contributed by atoms with Gasteiger partial charge in [0, 0.05) is 38.0 Å². The first-order valence-electron chi connectivity index (χ1n) is 8.48. The van der Waals surface area contributed by atoms with Crippen LogP contribution in [0.1, 0.15) is 10.4 Å². The molecule has 3 rings (SSSR count). The van der Waals surface area contributed by atoms with Gasteiger partial charge in [-0.1, -0.05) is 18.2 Å². The molecule has 0 unspecified atom stereocenters. The predicted molar refractivity (Wildman–Crippen MR) is 104 cm³/mol. The maximum Gasteiger partial charge on any atom is 0.255 e. The second kappa shape index (κ2) is 7.47. The van der Waals surface area contributed by atoms with Gasteiger partial charge in [0.2, 0.25) is 0 Å². The largest absolute Gasteiger partial charge is 0.367 e. The van der Waals surface area contributed by atoms with Gasteiger partial charge < -0.3 is 15.1 Å². The van der Waals surface area contributed by atoms with Crippen LogP contribution in [0.15, 0.2) is 53.4 Å². The summed E-state index contributed by atoms with van der Waals surface area (Å²) < 4.78 is 23.9. The van der Waals surface area contributed by atoms with Gasteiger partial charge in [0.15, 0.2) is 9.84 Å². The first-order valence-corrected chi connectivity index (χ1v) is 10.4. The summed E-state index contributed by atoms with van der Waals surface area (Å²) in [7, 11) is -1.29. The van der Waals surface area contributed by atoms with Crippen molar-refractivity contribution in [1.29, 1.82) is 0 Å². The van der Waals surface area contributed by atoms with Crippen molar-refractivity contribution in [3.63, 3.8) is 0 Å². The summed E-state index contributed by atoms with van der Waals surface area (Å²) in [4.78, 5) is 17.2. The molecule has 0 atom stereocenters. The Morgan fingerprint density at radius 2 is 1.65 bits per heavy atom. The second-order valence-corrected chi connectivity index (χ2v) is 8.58. The molecule has 2 aromatic rings. The number of rotatable bonds is 4. The molecule has 1 aliphatic rings. The quantitative estimate of drug-likeness (QED) is 0.889. The first-order chi connectivity index (χ1) is 12.3.